The summed E-state index contributed by atoms with van der Waals surface area (Å²) < 4.78 is 25.3. The summed E-state index contributed by atoms with van der Waals surface area (Å²) in [5.41, 5.74) is 1.55. The Morgan fingerprint density at radius 3 is 2.70 bits per heavy atom. The standard InChI is InChI=1S/C14H13ClN3O4S/c1-18-12(19)7-10(16-18)8-3-4-11(23(2,20)21)13(14(8)15)9-5-6-22-17-9/h3-4,19H,5-6H2,1-2H3. The molecule has 0 atom stereocenters. The number of hydrogen-bond acceptors (Lipinski definition) is 6. The van der Waals surface area contributed by atoms with Crippen LogP contribution in [-0.4, -0.2) is 41.9 Å². The molecule has 1 N–H and O–H groups in total. The minimum absolute atomic E-state index is 0.0793. The van der Waals surface area contributed by atoms with Crippen molar-refractivity contribution in [2.75, 3.05) is 12.9 Å². The zero-order chi connectivity index (χ0) is 16.8. The molecule has 3 rings (SSSR count). The summed E-state index contributed by atoms with van der Waals surface area (Å²) in [6, 6.07) is 5.67. The Bertz CT molecular complexity index is 899. The van der Waals surface area contributed by atoms with E-state index in [1.54, 1.807) is 7.05 Å². The van der Waals surface area contributed by atoms with E-state index in [-0.39, 0.29) is 15.8 Å². The molecule has 0 fully saturated rings. The Hall–Kier alpha value is -2.06. The molecule has 1 aliphatic rings. The van der Waals surface area contributed by atoms with E-state index in [4.69, 9.17) is 16.4 Å². The molecule has 2 heterocycles. The maximum Gasteiger partial charge on any atom is 0.218 e. The van der Waals surface area contributed by atoms with Gasteiger partial charge in [0.05, 0.1) is 21.7 Å². The number of benzene rings is 1. The van der Waals surface area contributed by atoms with Crippen LogP contribution in [0.25, 0.3) is 11.3 Å². The maximum atomic E-state index is 12.0. The SMILES string of the molecule is Cn1nc(-c2ccc(S(C)(=O)=O)c(C3=NOCC3)c2Cl)[c]c1O. The molecule has 0 aliphatic carbocycles. The maximum absolute atomic E-state index is 12.0. The minimum Gasteiger partial charge on any atom is -0.493 e. The zero-order valence-corrected chi connectivity index (χ0v) is 13.9. The number of halogens is 1. The van der Waals surface area contributed by atoms with E-state index < -0.39 is 9.84 Å². The van der Waals surface area contributed by atoms with Crippen molar-refractivity contribution in [2.24, 2.45) is 12.2 Å². The van der Waals surface area contributed by atoms with Gasteiger partial charge in [-0.05, 0) is 12.1 Å². The molecule has 0 saturated carbocycles. The van der Waals surface area contributed by atoms with Gasteiger partial charge in [0.2, 0.25) is 5.88 Å². The predicted octanol–water partition coefficient (Wildman–Crippen LogP) is 1.77. The van der Waals surface area contributed by atoms with Gasteiger partial charge in [0.15, 0.2) is 9.84 Å². The Labute approximate surface area is 138 Å². The molecular formula is C14H13ClN3O4S. The van der Waals surface area contributed by atoms with E-state index in [0.29, 0.717) is 35.6 Å². The highest BCUT2D eigenvalue weighted by Crippen LogP contribution is 2.36. The average Bonchev–Trinajstić information content (AvgIpc) is 3.08. The van der Waals surface area contributed by atoms with Crippen molar-refractivity contribution < 1.29 is 18.4 Å². The van der Waals surface area contributed by atoms with Crippen LogP contribution < -0.4 is 0 Å². The third-order valence-corrected chi connectivity index (χ3v) is 4.97. The van der Waals surface area contributed by atoms with Crippen LogP contribution >= 0.6 is 11.6 Å². The van der Waals surface area contributed by atoms with Gasteiger partial charge >= 0.3 is 0 Å². The molecule has 1 aromatic heterocycles. The van der Waals surface area contributed by atoms with E-state index >= 15 is 0 Å². The van der Waals surface area contributed by atoms with Gasteiger partial charge in [-0.2, -0.15) is 5.10 Å². The molecule has 7 nitrogen and oxygen atoms in total. The fourth-order valence-electron chi connectivity index (χ4n) is 2.33. The molecule has 1 aromatic carbocycles. The van der Waals surface area contributed by atoms with Crippen LogP contribution in [0, 0.1) is 6.07 Å². The Balaban J connectivity index is 2.27. The first-order valence-electron chi connectivity index (χ1n) is 6.66. The van der Waals surface area contributed by atoms with Crippen molar-refractivity contribution in [3.05, 3.63) is 28.8 Å². The first kappa shape index (κ1) is 15.8. The quantitative estimate of drug-likeness (QED) is 0.906. The van der Waals surface area contributed by atoms with Crippen molar-refractivity contribution in [1.82, 2.24) is 9.78 Å². The molecule has 0 saturated heterocycles. The van der Waals surface area contributed by atoms with E-state index in [0.717, 1.165) is 6.26 Å². The molecule has 0 amide bonds. The molecule has 9 heteroatoms. The monoisotopic (exact) mass is 354 g/mol. The van der Waals surface area contributed by atoms with Gasteiger partial charge in [-0.25, -0.2) is 13.1 Å². The Morgan fingerprint density at radius 1 is 1.43 bits per heavy atom. The van der Waals surface area contributed by atoms with Crippen LogP contribution in [-0.2, 0) is 21.7 Å². The third-order valence-electron chi connectivity index (χ3n) is 3.44. The van der Waals surface area contributed by atoms with Gasteiger partial charge in [0, 0.05) is 30.9 Å². The summed E-state index contributed by atoms with van der Waals surface area (Å²) in [5, 5.41) is 17.8. The van der Waals surface area contributed by atoms with Gasteiger partial charge < -0.3 is 9.94 Å². The zero-order valence-electron chi connectivity index (χ0n) is 12.4. The highest BCUT2D eigenvalue weighted by molar-refractivity contribution is 7.90. The number of oxime groups is 1. The fraction of sp³-hybridized carbons (Fsp3) is 0.286. The summed E-state index contributed by atoms with van der Waals surface area (Å²) in [4.78, 5) is 5.05. The second-order valence-electron chi connectivity index (χ2n) is 5.11. The summed E-state index contributed by atoms with van der Waals surface area (Å²) in [6.07, 6.45) is 1.57. The molecular weight excluding hydrogens is 342 g/mol. The van der Waals surface area contributed by atoms with Crippen molar-refractivity contribution >= 4 is 27.1 Å². The van der Waals surface area contributed by atoms with Gasteiger partial charge in [-0.3, -0.25) is 0 Å². The molecule has 1 aliphatic heterocycles. The first-order valence-corrected chi connectivity index (χ1v) is 8.93. The van der Waals surface area contributed by atoms with Crippen LogP contribution in [0.1, 0.15) is 12.0 Å². The first-order chi connectivity index (χ1) is 10.8. The van der Waals surface area contributed by atoms with Crippen LogP contribution in [0.2, 0.25) is 5.02 Å². The molecule has 0 spiro atoms. The van der Waals surface area contributed by atoms with E-state index in [9.17, 15) is 13.5 Å². The second-order valence-corrected chi connectivity index (χ2v) is 7.48. The molecule has 23 heavy (non-hydrogen) atoms. The number of rotatable bonds is 3. The smallest absolute Gasteiger partial charge is 0.218 e. The fourth-order valence-corrected chi connectivity index (χ4v) is 3.66. The van der Waals surface area contributed by atoms with Gasteiger partial charge in [0.25, 0.3) is 0 Å². The lowest BCUT2D eigenvalue weighted by molar-refractivity contribution is 0.174. The van der Waals surface area contributed by atoms with Crippen LogP contribution in [0.4, 0.5) is 0 Å². The van der Waals surface area contributed by atoms with E-state index in [1.165, 1.54) is 16.8 Å². The van der Waals surface area contributed by atoms with Gasteiger partial charge in [-0.15, -0.1) is 0 Å². The minimum atomic E-state index is -3.50. The van der Waals surface area contributed by atoms with E-state index in [2.05, 4.69) is 16.3 Å². The average molecular weight is 355 g/mol. The van der Waals surface area contributed by atoms with E-state index in [1.807, 2.05) is 0 Å². The van der Waals surface area contributed by atoms with Crippen LogP contribution in [0.15, 0.2) is 22.2 Å². The number of aromatic hydroxyl groups is 1. The lowest BCUT2D eigenvalue weighted by Crippen LogP contribution is -2.09. The second kappa shape index (κ2) is 5.54. The highest BCUT2D eigenvalue weighted by atomic mass is 35.5. The highest BCUT2D eigenvalue weighted by Gasteiger charge is 2.26. The van der Waals surface area contributed by atoms with Crippen LogP contribution in [0.3, 0.4) is 0 Å². The van der Waals surface area contributed by atoms with Gasteiger partial charge in [-0.1, -0.05) is 16.8 Å². The summed E-state index contributed by atoms with van der Waals surface area (Å²) in [5.74, 6) is -0.147. The summed E-state index contributed by atoms with van der Waals surface area (Å²) in [6.45, 7) is 0.371. The van der Waals surface area contributed by atoms with Crippen molar-refractivity contribution in [2.45, 2.75) is 11.3 Å². The predicted molar refractivity (Wildman–Crippen MR) is 84.4 cm³/mol. The molecule has 0 unspecified atom stereocenters. The molecule has 0 bridgehead atoms. The molecule has 2 aromatic rings. The summed E-state index contributed by atoms with van der Waals surface area (Å²) >= 11 is 6.44. The summed E-state index contributed by atoms with van der Waals surface area (Å²) in [7, 11) is -1.94. The normalized spacial score (nSPS) is 14.7. The molecule has 1 radical (unpaired) electrons. The van der Waals surface area contributed by atoms with Crippen molar-refractivity contribution in [1.29, 1.82) is 0 Å². The number of hydrogen-bond donors (Lipinski definition) is 1. The Kier molecular flexibility index (Phi) is 3.81. The number of aromatic nitrogens is 2. The molecule has 121 valence electrons. The lowest BCUT2D eigenvalue weighted by Gasteiger charge is -2.12. The third kappa shape index (κ3) is 2.79. The van der Waals surface area contributed by atoms with Crippen LogP contribution in [0.5, 0.6) is 5.88 Å². The van der Waals surface area contributed by atoms with Crippen molar-refractivity contribution in [3.63, 3.8) is 0 Å². The lowest BCUT2D eigenvalue weighted by atomic mass is 10.0. The number of sulfone groups is 1. The Morgan fingerprint density at radius 2 is 2.17 bits per heavy atom. The largest absolute Gasteiger partial charge is 0.493 e. The number of aryl methyl sites for hydroxylation is 1. The van der Waals surface area contributed by atoms with Gasteiger partial charge in [0.1, 0.15) is 12.3 Å². The number of nitrogens with zero attached hydrogens (tertiary/aromatic N) is 3. The van der Waals surface area contributed by atoms with Crippen molar-refractivity contribution in [3.8, 4) is 17.1 Å². The topological polar surface area (TPSA) is 93.8 Å².